The summed E-state index contributed by atoms with van der Waals surface area (Å²) in [4.78, 5) is 13.1. The molecule has 1 rings (SSSR count). The molecule has 1 fully saturated rings. The molecule has 77 heavy (non-hydrogen) atoms. The van der Waals surface area contributed by atoms with Crippen LogP contribution in [0.25, 0.3) is 0 Å². The van der Waals surface area contributed by atoms with Crippen LogP contribution in [0.1, 0.15) is 335 Å². The number of aliphatic hydroxyl groups is 5. The van der Waals surface area contributed by atoms with Crippen molar-refractivity contribution in [2.45, 2.75) is 378 Å². The second-order valence-corrected chi connectivity index (χ2v) is 23.6. The van der Waals surface area contributed by atoms with E-state index in [1.54, 1.807) is 0 Å². The smallest absolute Gasteiger partial charge is 0.220 e. The van der Waals surface area contributed by atoms with Crippen molar-refractivity contribution in [1.29, 1.82) is 0 Å². The molecule has 0 aliphatic carbocycles. The Labute approximate surface area is 476 Å². The van der Waals surface area contributed by atoms with Crippen molar-refractivity contribution >= 4 is 5.91 Å². The van der Waals surface area contributed by atoms with E-state index in [9.17, 15) is 30.3 Å². The Hall–Kier alpha value is -1.59. The fraction of sp³-hybridized carbons (Fsp3) is 0.897. The minimum Gasteiger partial charge on any atom is -0.394 e. The topological polar surface area (TPSA) is 149 Å². The summed E-state index contributed by atoms with van der Waals surface area (Å²) in [5, 5.41) is 54.9. The molecule has 0 radical (unpaired) electrons. The SMILES string of the molecule is CCCCCCC/C=C\C/C=C\C/C=C\CCCCCCCCCCCCC(=O)NC(COC1OC(CO)C(O)C(O)C1O)C(O)CCCCCCCCCCCCCCCCCCCCCCCCCCCCCCC. The molecule has 9 nitrogen and oxygen atoms in total. The van der Waals surface area contributed by atoms with Crippen LogP contribution in [0.15, 0.2) is 36.5 Å². The highest BCUT2D eigenvalue weighted by molar-refractivity contribution is 5.76. The molecule has 7 atom stereocenters. The second kappa shape index (κ2) is 57.6. The fourth-order valence-electron chi connectivity index (χ4n) is 10.9. The van der Waals surface area contributed by atoms with E-state index in [4.69, 9.17) is 9.47 Å². The van der Waals surface area contributed by atoms with Gasteiger partial charge in [0.15, 0.2) is 6.29 Å². The highest BCUT2D eigenvalue weighted by Crippen LogP contribution is 2.24. The van der Waals surface area contributed by atoms with Crippen molar-refractivity contribution in [2.24, 2.45) is 0 Å². The minimum absolute atomic E-state index is 0.138. The number of rotatable bonds is 59. The second-order valence-electron chi connectivity index (χ2n) is 23.6. The van der Waals surface area contributed by atoms with Gasteiger partial charge in [0.05, 0.1) is 25.4 Å². The van der Waals surface area contributed by atoms with Gasteiger partial charge in [0.1, 0.15) is 24.4 Å². The van der Waals surface area contributed by atoms with E-state index >= 15 is 0 Å². The Morgan fingerprint density at radius 1 is 0.442 bits per heavy atom. The van der Waals surface area contributed by atoms with Crippen molar-refractivity contribution in [2.75, 3.05) is 13.2 Å². The molecule has 1 amide bonds. The van der Waals surface area contributed by atoms with Gasteiger partial charge in [0, 0.05) is 6.42 Å². The molecule has 1 aliphatic rings. The average Bonchev–Trinajstić information content (AvgIpc) is 3.43. The third kappa shape index (κ3) is 46.7. The van der Waals surface area contributed by atoms with Crippen molar-refractivity contribution in [3.63, 3.8) is 0 Å². The molecule has 0 saturated carbocycles. The van der Waals surface area contributed by atoms with Crippen LogP contribution < -0.4 is 5.32 Å². The van der Waals surface area contributed by atoms with Crippen LogP contribution in [-0.4, -0.2) is 87.5 Å². The Kier molecular flexibility index (Phi) is 55.0. The zero-order chi connectivity index (χ0) is 55.8. The van der Waals surface area contributed by atoms with Gasteiger partial charge in [-0.15, -0.1) is 0 Å². The van der Waals surface area contributed by atoms with Crippen molar-refractivity contribution in [3.8, 4) is 0 Å². The molecule has 0 aromatic rings. The van der Waals surface area contributed by atoms with Crippen molar-refractivity contribution < 1.29 is 39.8 Å². The number of hydrogen-bond donors (Lipinski definition) is 6. The number of allylic oxidation sites excluding steroid dienone is 6. The number of unbranched alkanes of at least 4 members (excludes halogenated alkanes) is 43. The predicted octanol–water partition coefficient (Wildman–Crippen LogP) is 17.9. The largest absolute Gasteiger partial charge is 0.394 e. The lowest BCUT2D eigenvalue weighted by molar-refractivity contribution is -0.302. The molecule has 9 heteroatoms. The Balaban J connectivity index is 2.14. The number of hydrogen-bond acceptors (Lipinski definition) is 8. The minimum atomic E-state index is -1.56. The van der Waals surface area contributed by atoms with Gasteiger partial charge in [0.2, 0.25) is 5.91 Å². The Morgan fingerprint density at radius 2 is 0.766 bits per heavy atom. The van der Waals surface area contributed by atoms with E-state index in [1.165, 1.54) is 257 Å². The molecule has 0 spiro atoms. The molecular weight excluding hydrogens is 959 g/mol. The maximum Gasteiger partial charge on any atom is 0.220 e. The van der Waals surface area contributed by atoms with E-state index in [0.29, 0.717) is 12.8 Å². The third-order valence-corrected chi connectivity index (χ3v) is 16.2. The maximum atomic E-state index is 13.1. The summed E-state index contributed by atoms with van der Waals surface area (Å²) in [6, 6.07) is -0.723. The summed E-state index contributed by atoms with van der Waals surface area (Å²) in [7, 11) is 0. The molecule has 1 aliphatic heterocycles. The van der Waals surface area contributed by atoms with E-state index in [2.05, 4.69) is 55.6 Å². The quantitative estimate of drug-likeness (QED) is 0.0261. The summed E-state index contributed by atoms with van der Waals surface area (Å²) >= 11 is 0. The van der Waals surface area contributed by atoms with Crippen LogP contribution in [0.3, 0.4) is 0 Å². The van der Waals surface area contributed by atoms with Crippen molar-refractivity contribution in [1.82, 2.24) is 5.32 Å². The van der Waals surface area contributed by atoms with E-state index in [-0.39, 0.29) is 12.5 Å². The molecule has 0 aromatic carbocycles. The number of amides is 1. The Bertz CT molecular complexity index is 1310. The van der Waals surface area contributed by atoms with Crippen LogP contribution in [0, 0.1) is 0 Å². The maximum absolute atomic E-state index is 13.1. The highest BCUT2D eigenvalue weighted by atomic mass is 16.7. The number of carbonyl (C=O) groups is 1. The molecule has 0 aromatic heterocycles. The van der Waals surface area contributed by atoms with Crippen LogP contribution in [0.2, 0.25) is 0 Å². The predicted molar refractivity (Wildman–Crippen MR) is 327 cm³/mol. The zero-order valence-corrected chi connectivity index (χ0v) is 50.7. The van der Waals surface area contributed by atoms with Crippen LogP contribution in [0.5, 0.6) is 0 Å². The van der Waals surface area contributed by atoms with Crippen LogP contribution >= 0.6 is 0 Å². The zero-order valence-electron chi connectivity index (χ0n) is 50.7. The van der Waals surface area contributed by atoms with E-state index < -0.39 is 49.5 Å². The summed E-state index contributed by atoms with van der Waals surface area (Å²) < 4.78 is 11.4. The number of nitrogens with one attached hydrogen (secondary N) is 1. The summed E-state index contributed by atoms with van der Waals surface area (Å²) in [5.74, 6) is -0.144. The van der Waals surface area contributed by atoms with E-state index in [0.717, 1.165) is 51.4 Å². The molecule has 454 valence electrons. The summed E-state index contributed by atoms with van der Waals surface area (Å²) in [5.41, 5.74) is 0. The third-order valence-electron chi connectivity index (χ3n) is 16.2. The molecule has 0 bridgehead atoms. The Morgan fingerprint density at radius 3 is 1.13 bits per heavy atom. The first-order chi connectivity index (χ1) is 37.8. The standard InChI is InChI=1S/C68H129NO8/c1-3-5-7-9-11-13-15-17-19-21-23-25-27-29-30-31-32-34-35-37-39-41-43-45-47-49-51-53-55-57-62(71)61(60-76-68-67(75)66(74)65(73)63(59-70)77-68)69-64(72)58-56-54-52-50-48-46-44-42-40-38-36-33-28-26-24-22-20-18-16-14-12-10-8-6-4-2/h16,18,22,24,28,33,61-63,65-68,70-71,73-75H,3-15,17,19-21,23,25-27,29-32,34-60H2,1-2H3,(H,69,72)/b18-16-,24-22-,33-28-. The van der Waals surface area contributed by atoms with Crippen LogP contribution in [-0.2, 0) is 14.3 Å². The van der Waals surface area contributed by atoms with Gasteiger partial charge >= 0.3 is 0 Å². The number of carbonyl (C=O) groups excluding carboxylic acids is 1. The van der Waals surface area contributed by atoms with Gasteiger partial charge in [-0.3, -0.25) is 4.79 Å². The van der Waals surface area contributed by atoms with E-state index in [1.807, 2.05) is 0 Å². The van der Waals surface area contributed by atoms with Gasteiger partial charge < -0.3 is 40.3 Å². The molecule has 1 heterocycles. The highest BCUT2D eigenvalue weighted by Gasteiger charge is 2.44. The van der Waals surface area contributed by atoms with Gasteiger partial charge in [-0.2, -0.15) is 0 Å². The van der Waals surface area contributed by atoms with Crippen molar-refractivity contribution in [3.05, 3.63) is 36.5 Å². The molecule has 1 saturated heterocycles. The lowest BCUT2D eigenvalue weighted by atomic mass is 9.99. The lowest BCUT2D eigenvalue weighted by Crippen LogP contribution is -2.60. The first-order valence-corrected chi connectivity index (χ1v) is 33.7. The first kappa shape index (κ1) is 73.4. The van der Waals surface area contributed by atoms with Crippen LogP contribution in [0.4, 0.5) is 0 Å². The molecule has 7 unspecified atom stereocenters. The number of aliphatic hydroxyl groups excluding tert-OH is 5. The number of ether oxygens (including phenoxy) is 2. The normalized spacial score (nSPS) is 18.9. The fourth-order valence-corrected chi connectivity index (χ4v) is 10.9. The monoisotopic (exact) mass is 1090 g/mol. The molecular formula is C68H129NO8. The first-order valence-electron chi connectivity index (χ1n) is 33.7. The molecule has 6 N–H and O–H groups in total. The van der Waals surface area contributed by atoms with Gasteiger partial charge in [0.25, 0.3) is 0 Å². The average molecular weight is 1090 g/mol. The van der Waals surface area contributed by atoms with Gasteiger partial charge in [-0.1, -0.05) is 314 Å². The summed E-state index contributed by atoms with van der Waals surface area (Å²) in [6.45, 7) is 3.87. The van der Waals surface area contributed by atoms with Gasteiger partial charge in [-0.05, 0) is 51.4 Å². The summed E-state index contributed by atoms with van der Waals surface area (Å²) in [6.07, 6.45) is 69.1. The lowest BCUT2D eigenvalue weighted by Gasteiger charge is -2.40. The van der Waals surface area contributed by atoms with Gasteiger partial charge in [-0.25, -0.2) is 0 Å².